The number of piperidine rings is 1. The molecule has 2 atom stereocenters. The molecule has 0 amide bonds. The van der Waals surface area contributed by atoms with Crippen LogP contribution in [0.1, 0.15) is 43.2 Å². The standard InChI is InChI=1S/C25H26ClNO2/c26-20-10-9-19-16-25(23(28)7-4-8-24(25)29)22-14-18(11-12-27(22)21(19)15-20)13-17-5-2-1-3-6-17/h1-3,5-6,9-10,15,18,22H,4,7-8,11-14,16H2/t18-,22-/m0/s1. The highest BCUT2D eigenvalue weighted by molar-refractivity contribution is 6.31. The number of hydrogen-bond acceptors (Lipinski definition) is 3. The summed E-state index contributed by atoms with van der Waals surface area (Å²) in [7, 11) is 0. The zero-order valence-corrected chi connectivity index (χ0v) is 17.3. The molecule has 2 aromatic rings. The van der Waals surface area contributed by atoms with Crippen LogP contribution in [-0.2, 0) is 22.4 Å². The summed E-state index contributed by atoms with van der Waals surface area (Å²) in [6.07, 6.45) is 5.26. The van der Waals surface area contributed by atoms with E-state index in [9.17, 15) is 9.59 Å². The van der Waals surface area contributed by atoms with E-state index in [4.69, 9.17) is 11.6 Å². The SMILES string of the molecule is O=C1CCCC(=O)C12Cc1ccc(Cl)cc1N1CC[C@@H](Cc3ccccc3)C[C@H]12. The minimum absolute atomic E-state index is 0.0452. The molecule has 150 valence electrons. The summed E-state index contributed by atoms with van der Waals surface area (Å²) in [6.45, 7) is 0.873. The highest BCUT2D eigenvalue weighted by Gasteiger charge is 2.58. The number of hydrogen-bond donors (Lipinski definition) is 0. The summed E-state index contributed by atoms with van der Waals surface area (Å²) in [5, 5.41) is 0.714. The molecule has 0 N–H and O–H groups in total. The fraction of sp³-hybridized carbons (Fsp3) is 0.440. The maximum absolute atomic E-state index is 13.3. The summed E-state index contributed by atoms with van der Waals surface area (Å²) in [5.41, 5.74) is 2.68. The zero-order valence-electron chi connectivity index (χ0n) is 16.6. The lowest BCUT2D eigenvalue weighted by Gasteiger charge is -2.54. The van der Waals surface area contributed by atoms with Gasteiger partial charge in [0, 0.05) is 36.1 Å². The summed E-state index contributed by atoms with van der Waals surface area (Å²) in [6, 6.07) is 16.4. The van der Waals surface area contributed by atoms with Gasteiger partial charge in [-0.1, -0.05) is 48.0 Å². The van der Waals surface area contributed by atoms with Crippen molar-refractivity contribution in [2.45, 2.75) is 51.0 Å². The smallest absolute Gasteiger partial charge is 0.148 e. The average Bonchev–Trinajstić information content (AvgIpc) is 2.73. The highest BCUT2D eigenvalue weighted by Crippen LogP contribution is 2.50. The second-order valence-corrected chi connectivity index (χ2v) is 9.35. The number of carbonyl (C=O) groups is 2. The van der Waals surface area contributed by atoms with Crippen molar-refractivity contribution in [3.05, 3.63) is 64.7 Å². The second-order valence-electron chi connectivity index (χ2n) is 8.91. The largest absolute Gasteiger partial charge is 0.367 e. The van der Waals surface area contributed by atoms with Gasteiger partial charge in [0.2, 0.25) is 0 Å². The van der Waals surface area contributed by atoms with Gasteiger partial charge in [-0.15, -0.1) is 0 Å². The molecule has 2 aromatic carbocycles. The van der Waals surface area contributed by atoms with E-state index >= 15 is 0 Å². The van der Waals surface area contributed by atoms with Crippen LogP contribution in [0.25, 0.3) is 0 Å². The molecule has 29 heavy (non-hydrogen) atoms. The molecule has 0 unspecified atom stereocenters. The second kappa shape index (κ2) is 7.28. The number of carbonyl (C=O) groups excluding carboxylic acids is 2. The molecule has 1 spiro atoms. The van der Waals surface area contributed by atoms with Gasteiger partial charge in [-0.2, -0.15) is 0 Å². The van der Waals surface area contributed by atoms with Gasteiger partial charge in [0.05, 0.1) is 0 Å². The lowest BCUT2D eigenvalue weighted by atomic mass is 9.59. The number of fused-ring (bicyclic) bond motifs is 4. The van der Waals surface area contributed by atoms with E-state index in [-0.39, 0.29) is 17.6 Å². The summed E-state index contributed by atoms with van der Waals surface area (Å²) < 4.78 is 0. The number of ketones is 2. The molecule has 2 fully saturated rings. The van der Waals surface area contributed by atoms with Crippen LogP contribution < -0.4 is 4.90 Å². The molecule has 5 rings (SSSR count). The molecule has 4 heteroatoms. The van der Waals surface area contributed by atoms with Crippen LogP contribution in [0, 0.1) is 11.3 Å². The predicted molar refractivity (Wildman–Crippen MR) is 115 cm³/mol. The van der Waals surface area contributed by atoms with Crippen LogP contribution in [0.2, 0.25) is 5.02 Å². The van der Waals surface area contributed by atoms with Gasteiger partial charge in [-0.3, -0.25) is 9.59 Å². The maximum Gasteiger partial charge on any atom is 0.148 e. The third-order valence-electron chi connectivity index (χ3n) is 7.28. The number of halogens is 1. The van der Waals surface area contributed by atoms with Gasteiger partial charge >= 0.3 is 0 Å². The minimum Gasteiger partial charge on any atom is -0.367 e. The van der Waals surface area contributed by atoms with E-state index < -0.39 is 5.41 Å². The first-order valence-electron chi connectivity index (χ1n) is 10.7. The predicted octanol–water partition coefficient (Wildman–Crippen LogP) is 5.03. The molecule has 0 aromatic heterocycles. The van der Waals surface area contributed by atoms with Gasteiger partial charge in [-0.05, 0) is 61.3 Å². The van der Waals surface area contributed by atoms with Crippen molar-refractivity contribution in [3.63, 3.8) is 0 Å². The van der Waals surface area contributed by atoms with Crippen LogP contribution in [-0.4, -0.2) is 24.2 Å². The molecule has 2 aliphatic heterocycles. The van der Waals surface area contributed by atoms with Gasteiger partial charge in [0.15, 0.2) is 0 Å². The Balaban J connectivity index is 1.54. The van der Waals surface area contributed by atoms with Gasteiger partial charge in [0.1, 0.15) is 17.0 Å². The highest BCUT2D eigenvalue weighted by atomic mass is 35.5. The zero-order chi connectivity index (χ0) is 20.0. The van der Waals surface area contributed by atoms with Gasteiger partial charge < -0.3 is 4.90 Å². The van der Waals surface area contributed by atoms with Gasteiger partial charge in [0.25, 0.3) is 0 Å². The van der Waals surface area contributed by atoms with Crippen LogP contribution in [0.15, 0.2) is 48.5 Å². The molecule has 2 heterocycles. The first kappa shape index (κ1) is 18.9. The Morgan fingerprint density at radius 3 is 2.55 bits per heavy atom. The Hall–Kier alpha value is -2.13. The minimum atomic E-state index is -0.867. The molecule has 3 nitrogen and oxygen atoms in total. The molecular formula is C25H26ClNO2. The summed E-state index contributed by atoms with van der Waals surface area (Å²) in [5.74, 6) is 0.799. The molecule has 3 aliphatic rings. The van der Waals surface area contributed by atoms with E-state index in [2.05, 4.69) is 29.2 Å². The van der Waals surface area contributed by atoms with Crippen molar-refractivity contribution in [2.75, 3.05) is 11.4 Å². The topological polar surface area (TPSA) is 37.4 Å². The molecule has 1 aliphatic carbocycles. The number of anilines is 1. The first-order chi connectivity index (χ1) is 14.1. The molecule has 1 saturated heterocycles. The van der Waals surface area contributed by atoms with Crippen molar-refractivity contribution in [1.82, 2.24) is 0 Å². The van der Waals surface area contributed by atoms with Crippen LogP contribution in [0.4, 0.5) is 5.69 Å². The number of benzene rings is 2. The third-order valence-corrected chi connectivity index (χ3v) is 7.51. The molecule has 0 radical (unpaired) electrons. The lowest BCUT2D eigenvalue weighted by Crippen LogP contribution is -2.64. The number of rotatable bonds is 2. The van der Waals surface area contributed by atoms with Crippen molar-refractivity contribution in [2.24, 2.45) is 11.3 Å². The number of nitrogens with zero attached hydrogens (tertiary/aromatic N) is 1. The van der Waals surface area contributed by atoms with E-state index in [0.717, 1.165) is 37.1 Å². The van der Waals surface area contributed by atoms with Crippen LogP contribution in [0.3, 0.4) is 0 Å². The normalized spacial score (nSPS) is 25.6. The Morgan fingerprint density at radius 2 is 1.79 bits per heavy atom. The monoisotopic (exact) mass is 407 g/mol. The summed E-state index contributed by atoms with van der Waals surface area (Å²) in [4.78, 5) is 28.9. The maximum atomic E-state index is 13.3. The Kier molecular flexibility index (Phi) is 4.74. The van der Waals surface area contributed by atoms with E-state index in [1.807, 2.05) is 24.3 Å². The lowest BCUT2D eigenvalue weighted by molar-refractivity contribution is -0.146. The Morgan fingerprint density at radius 1 is 1.03 bits per heavy atom. The molecular weight excluding hydrogens is 382 g/mol. The average molecular weight is 408 g/mol. The first-order valence-corrected chi connectivity index (χ1v) is 11.1. The van der Waals surface area contributed by atoms with Crippen molar-refractivity contribution in [3.8, 4) is 0 Å². The fourth-order valence-electron chi connectivity index (χ4n) is 5.88. The fourth-order valence-corrected chi connectivity index (χ4v) is 6.05. The van der Waals surface area contributed by atoms with E-state index in [1.165, 1.54) is 5.56 Å². The third kappa shape index (κ3) is 3.11. The Bertz CT molecular complexity index is 939. The molecule has 1 saturated carbocycles. The van der Waals surface area contributed by atoms with Crippen molar-refractivity contribution in [1.29, 1.82) is 0 Å². The summed E-state index contributed by atoms with van der Waals surface area (Å²) >= 11 is 6.32. The van der Waals surface area contributed by atoms with Crippen LogP contribution in [0.5, 0.6) is 0 Å². The van der Waals surface area contributed by atoms with Gasteiger partial charge in [-0.25, -0.2) is 0 Å². The van der Waals surface area contributed by atoms with Crippen molar-refractivity contribution < 1.29 is 9.59 Å². The van der Waals surface area contributed by atoms with E-state index in [1.54, 1.807) is 0 Å². The van der Waals surface area contributed by atoms with Crippen LogP contribution >= 0.6 is 11.6 Å². The molecule has 0 bridgehead atoms. The number of Topliss-reactive ketones (excluding diaryl/α,β-unsaturated/α-hetero) is 2. The van der Waals surface area contributed by atoms with Crippen molar-refractivity contribution >= 4 is 28.9 Å². The Labute approximate surface area is 177 Å². The quantitative estimate of drug-likeness (QED) is 0.655. The van der Waals surface area contributed by atoms with E-state index in [0.29, 0.717) is 36.6 Å².